The van der Waals surface area contributed by atoms with Crippen LogP contribution in [0.3, 0.4) is 0 Å². The molecule has 1 saturated heterocycles. The van der Waals surface area contributed by atoms with Crippen molar-refractivity contribution in [2.24, 2.45) is 5.92 Å². The fourth-order valence-electron chi connectivity index (χ4n) is 3.96. The molecule has 1 aromatic rings. The third-order valence-electron chi connectivity index (χ3n) is 5.85. The summed E-state index contributed by atoms with van der Waals surface area (Å²) < 4.78 is 11.8. The molecule has 2 unspecified atom stereocenters. The Kier molecular flexibility index (Phi) is 10.7. The van der Waals surface area contributed by atoms with Crippen molar-refractivity contribution in [3.05, 3.63) is 24.3 Å². The van der Waals surface area contributed by atoms with Crippen LogP contribution < -0.4 is 10.1 Å². The second kappa shape index (κ2) is 13.0. The SMILES string of the molecule is CCCCC(C)(OCCC)C(=O)Nc1ccc(OCCCN2CCCC(C)C2)cc1. The summed E-state index contributed by atoms with van der Waals surface area (Å²) in [4.78, 5) is 15.4. The van der Waals surface area contributed by atoms with Gasteiger partial charge in [0.2, 0.25) is 0 Å². The van der Waals surface area contributed by atoms with Crippen LogP contribution in [0.25, 0.3) is 0 Å². The zero-order valence-corrected chi connectivity index (χ0v) is 19.5. The molecule has 30 heavy (non-hydrogen) atoms. The summed E-state index contributed by atoms with van der Waals surface area (Å²) in [6, 6.07) is 7.66. The smallest absolute Gasteiger partial charge is 0.256 e. The van der Waals surface area contributed by atoms with Gasteiger partial charge in [-0.3, -0.25) is 4.79 Å². The molecule has 170 valence electrons. The number of piperidine rings is 1. The number of amides is 1. The summed E-state index contributed by atoms with van der Waals surface area (Å²) in [7, 11) is 0. The normalized spacial score (nSPS) is 19.3. The number of benzene rings is 1. The van der Waals surface area contributed by atoms with Crippen molar-refractivity contribution in [2.45, 2.75) is 78.2 Å². The first-order chi connectivity index (χ1) is 14.5. The highest BCUT2D eigenvalue weighted by Gasteiger charge is 2.33. The van der Waals surface area contributed by atoms with Crippen molar-refractivity contribution in [2.75, 3.05) is 38.2 Å². The van der Waals surface area contributed by atoms with Gasteiger partial charge in [0.15, 0.2) is 0 Å². The van der Waals surface area contributed by atoms with E-state index in [1.165, 1.54) is 25.9 Å². The van der Waals surface area contributed by atoms with E-state index < -0.39 is 5.60 Å². The molecule has 0 spiro atoms. The van der Waals surface area contributed by atoms with Gasteiger partial charge in [0, 0.05) is 25.4 Å². The summed E-state index contributed by atoms with van der Waals surface area (Å²) in [5.41, 5.74) is -0.00914. The summed E-state index contributed by atoms with van der Waals surface area (Å²) in [5, 5.41) is 3.02. The maximum absolute atomic E-state index is 12.8. The maximum Gasteiger partial charge on any atom is 0.256 e. The van der Waals surface area contributed by atoms with Gasteiger partial charge in [-0.25, -0.2) is 0 Å². The fraction of sp³-hybridized carbons (Fsp3) is 0.720. The number of carbonyl (C=O) groups excluding carboxylic acids is 1. The van der Waals surface area contributed by atoms with Crippen LogP contribution >= 0.6 is 0 Å². The largest absolute Gasteiger partial charge is 0.494 e. The highest BCUT2D eigenvalue weighted by molar-refractivity contribution is 5.97. The van der Waals surface area contributed by atoms with E-state index in [-0.39, 0.29) is 5.91 Å². The number of unbranched alkanes of at least 4 members (excludes halogenated alkanes) is 1. The molecule has 1 aromatic carbocycles. The number of nitrogens with zero attached hydrogens (tertiary/aromatic N) is 1. The van der Waals surface area contributed by atoms with Gasteiger partial charge < -0.3 is 19.7 Å². The van der Waals surface area contributed by atoms with E-state index in [4.69, 9.17) is 9.47 Å². The predicted molar refractivity (Wildman–Crippen MR) is 124 cm³/mol. The molecule has 1 fully saturated rings. The number of anilines is 1. The monoisotopic (exact) mass is 418 g/mol. The molecule has 0 aliphatic carbocycles. The van der Waals surface area contributed by atoms with Gasteiger partial charge in [0.1, 0.15) is 11.4 Å². The predicted octanol–water partition coefficient (Wildman–Crippen LogP) is 5.50. The lowest BCUT2D eigenvalue weighted by atomic mass is 9.97. The van der Waals surface area contributed by atoms with Crippen LogP contribution in [0.5, 0.6) is 5.75 Å². The second-order valence-electron chi connectivity index (χ2n) is 8.91. The minimum absolute atomic E-state index is 0.0752. The van der Waals surface area contributed by atoms with E-state index in [1.54, 1.807) is 0 Å². The Morgan fingerprint density at radius 2 is 1.93 bits per heavy atom. The quantitative estimate of drug-likeness (QED) is 0.430. The Bertz CT molecular complexity index is 609. The zero-order chi connectivity index (χ0) is 21.8. The average Bonchev–Trinajstić information content (AvgIpc) is 2.75. The molecule has 0 bridgehead atoms. The molecular formula is C25H42N2O3. The molecule has 2 atom stereocenters. The lowest BCUT2D eigenvalue weighted by Gasteiger charge is -2.30. The molecular weight excluding hydrogens is 376 g/mol. The molecule has 2 rings (SSSR count). The Balaban J connectivity index is 1.77. The average molecular weight is 419 g/mol. The van der Waals surface area contributed by atoms with E-state index in [9.17, 15) is 4.79 Å². The highest BCUT2D eigenvalue weighted by Crippen LogP contribution is 2.23. The molecule has 1 aliphatic heterocycles. The first kappa shape index (κ1) is 24.7. The van der Waals surface area contributed by atoms with Crippen LogP contribution in [-0.4, -0.2) is 49.3 Å². The molecule has 5 heteroatoms. The minimum Gasteiger partial charge on any atom is -0.494 e. The fourth-order valence-corrected chi connectivity index (χ4v) is 3.96. The molecule has 0 radical (unpaired) electrons. The topological polar surface area (TPSA) is 50.8 Å². The number of rotatable bonds is 13. The summed E-state index contributed by atoms with van der Waals surface area (Å²) >= 11 is 0. The van der Waals surface area contributed by atoms with E-state index in [1.807, 2.05) is 31.2 Å². The number of ether oxygens (including phenoxy) is 2. The van der Waals surface area contributed by atoms with Crippen LogP contribution in [-0.2, 0) is 9.53 Å². The third kappa shape index (κ3) is 8.27. The number of carbonyl (C=O) groups is 1. The van der Waals surface area contributed by atoms with Gasteiger partial charge in [-0.1, -0.05) is 33.6 Å². The van der Waals surface area contributed by atoms with Crippen LogP contribution in [0.2, 0.25) is 0 Å². The summed E-state index contributed by atoms with van der Waals surface area (Å²) in [6.45, 7) is 13.3. The summed E-state index contributed by atoms with van der Waals surface area (Å²) in [6.07, 6.45) is 7.35. The van der Waals surface area contributed by atoms with Crippen molar-refractivity contribution in [1.82, 2.24) is 4.90 Å². The van der Waals surface area contributed by atoms with E-state index in [2.05, 4.69) is 31.0 Å². The van der Waals surface area contributed by atoms with E-state index in [0.717, 1.165) is 62.6 Å². The van der Waals surface area contributed by atoms with Crippen LogP contribution in [0.1, 0.15) is 72.6 Å². The van der Waals surface area contributed by atoms with Gasteiger partial charge >= 0.3 is 0 Å². The van der Waals surface area contributed by atoms with Crippen molar-refractivity contribution in [3.8, 4) is 5.75 Å². The van der Waals surface area contributed by atoms with Gasteiger partial charge in [0.25, 0.3) is 5.91 Å². The Hall–Kier alpha value is -1.59. The number of hydrogen-bond donors (Lipinski definition) is 1. The van der Waals surface area contributed by atoms with Gasteiger partial charge in [-0.05, 0) is 75.8 Å². The lowest BCUT2D eigenvalue weighted by Crippen LogP contribution is -2.43. The van der Waals surface area contributed by atoms with Gasteiger partial charge in [-0.2, -0.15) is 0 Å². The molecule has 1 N–H and O–H groups in total. The number of hydrogen-bond acceptors (Lipinski definition) is 4. The molecule has 5 nitrogen and oxygen atoms in total. The van der Waals surface area contributed by atoms with Gasteiger partial charge in [-0.15, -0.1) is 0 Å². The van der Waals surface area contributed by atoms with E-state index >= 15 is 0 Å². The lowest BCUT2D eigenvalue weighted by molar-refractivity contribution is -0.140. The zero-order valence-electron chi connectivity index (χ0n) is 19.5. The van der Waals surface area contributed by atoms with Crippen LogP contribution in [0.4, 0.5) is 5.69 Å². The minimum atomic E-state index is -0.785. The molecule has 0 saturated carbocycles. The first-order valence-electron chi connectivity index (χ1n) is 11.9. The number of nitrogens with one attached hydrogen (secondary N) is 1. The molecule has 1 heterocycles. The molecule has 0 aromatic heterocycles. The van der Waals surface area contributed by atoms with Crippen molar-refractivity contribution in [3.63, 3.8) is 0 Å². The first-order valence-corrected chi connectivity index (χ1v) is 11.9. The Morgan fingerprint density at radius 1 is 1.17 bits per heavy atom. The van der Waals surface area contributed by atoms with Crippen molar-refractivity contribution >= 4 is 11.6 Å². The Morgan fingerprint density at radius 3 is 2.60 bits per heavy atom. The van der Waals surface area contributed by atoms with Crippen LogP contribution in [0, 0.1) is 5.92 Å². The molecule has 1 aliphatic rings. The third-order valence-corrected chi connectivity index (χ3v) is 5.85. The summed E-state index contributed by atoms with van der Waals surface area (Å²) in [5.74, 6) is 1.59. The van der Waals surface area contributed by atoms with Crippen molar-refractivity contribution in [1.29, 1.82) is 0 Å². The second-order valence-corrected chi connectivity index (χ2v) is 8.91. The maximum atomic E-state index is 12.8. The van der Waals surface area contributed by atoms with E-state index in [0.29, 0.717) is 6.61 Å². The van der Waals surface area contributed by atoms with Crippen LogP contribution in [0.15, 0.2) is 24.3 Å². The van der Waals surface area contributed by atoms with Gasteiger partial charge in [0.05, 0.1) is 6.61 Å². The number of likely N-dealkylation sites (tertiary alicyclic amines) is 1. The standard InChI is InChI=1S/C25H42N2O3/c1-5-7-15-25(4,30-18-6-2)24(28)26-22-11-13-23(14-12-22)29-19-9-17-27-16-8-10-21(3)20-27/h11-14,21H,5-10,15-20H2,1-4H3,(H,26,28). The molecule has 1 amide bonds. The highest BCUT2D eigenvalue weighted by atomic mass is 16.5. The Labute approximate surface area is 183 Å². The van der Waals surface area contributed by atoms with Crippen molar-refractivity contribution < 1.29 is 14.3 Å².